The highest BCUT2D eigenvalue weighted by Crippen LogP contribution is 2.19. The molecule has 1 aliphatic carbocycles. The van der Waals surface area contributed by atoms with Gasteiger partial charge in [0.1, 0.15) is 11.5 Å². The van der Waals surface area contributed by atoms with Crippen LogP contribution in [0.4, 0.5) is 5.82 Å². The van der Waals surface area contributed by atoms with Crippen molar-refractivity contribution < 1.29 is 23.3 Å². The number of carbonyl (C=O) groups is 3. The molecule has 0 saturated heterocycles. The van der Waals surface area contributed by atoms with Gasteiger partial charge in [0.2, 0.25) is 17.7 Å². The molecule has 0 atom stereocenters. The fourth-order valence-corrected chi connectivity index (χ4v) is 3.66. The summed E-state index contributed by atoms with van der Waals surface area (Å²) in [6, 6.07) is 5.43. The molecule has 0 bridgehead atoms. The van der Waals surface area contributed by atoms with Crippen LogP contribution in [0, 0.1) is 6.92 Å². The van der Waals surface area contributed by atoms with Gasteiger partial charge in [-0.25, -0.2) is 0 Å². The molecule has 168 valence electrons. The molecule has 0 spiro atoms. The number of hydrogen-bond donors (Lipinski definition) is 2. The highest BCUT2D eigenvalue weighted by Gasteiger charge is 2.21. The molecule has 1 aliphatic rings. The van der Waals surface area contributed by atoms with Gasteiger partial charge < -0.3 is 19.6 Å². The van der Waals surface area contributed by atoms with E-state index >= 15 is 0 Å². The first kappa shape index (κ1) is 22.6. The summed E-state index contributed by atoms with van der Waals surface area (Å²) in [4.78, 5) is 38.3. The Morgan fingerprint density at radius 2 is 1.97 bits per heavy atom. The van der Waals surface area contributed by atoms with Gasteiger partial charge in [0.15, 0.2) is 5.82 Å². The molecule has 3 amide bonds. The van der Waals surface area contributed by atoms with E-state index in [1.54, 1.807) is 31.4 Å². The molecular weight excluding hydrogens is 400 g/mol. The van der Waals surface area contributed by atoms with Crippen LogP contribution < -0.4 is 15.5 Å². The van der Waals surface area contributed by atoms with Gasteiger partial charge in [0.25, 0.3) is 0 Å². The maximum absolute atomic E-state index is 12.8. The number of furan rings is 1. The van der Waals surface area contributed by atoms with Crippen molar-refractivity contribution in [3.8, 4) is 0 Å². The molecule has 31 heavy (non-hydrogen) atoms. The lowest BCUT2D eigenvalue weighted by Gasteiger charge is -2.22. The minimum atomic E-state index is -0.249. The lowest BCUT2D eigenvalue weighted by Crippen LogP contribution is -2.42. The summed E-state index contributed by atoms with van der Waals surface area (Å²) in [5.41, 5.74) is 0. The van der Waals surface area contributed by atoms with Gasteiger partial charge >= 0.3 is 0 Å². The van der Waals surface area contributed by atoms with Crippen LogP contribution in [0.1, 0.15) is 62.9 Å². The van der Waals surface area contributed by atoms with Gasteiger partial charge in [-0.3, -0.25) is 19.3 Å². The molecule has 1 saturated carbocycles. The summed E-state index contributed by atoms with van der Waals surface area (Å²) in [7, 11) is 0. The summed E-state index contributed by atoms with van der Waals surface area (Å²) in [5, 5.41) is 9.52. The Morgan fingerprint density at radius 1 is 1.16 bits per heavy atom. The molecule has 2 heterocycles. The zero-order chi connectivity index (χ0) is 22.1. The Hall–Kier alpha value is -3.10. The summed E-state index contributed by atoms with van der Waals surface area (Å²) >= 11 is 0. The summed E-state index contributed by atoms with van der Waals surface area (Å²) < 4.78 is 10.4. The number of carbonyl (C=O) groups excluding carboxylic acids is 3. The molecule has 0 unspecified atom stereocenters. The van der Waals surface area contributed by atoms with Gasteiger partial charge in [-0.2, -0.15) is 0 Å². The normalized spacial score (nSPS) is 14.2. The zero-order valence-electron chi connectivity index (χ0n) is 17.9. The molecule has 2 aromatic heterocycles. The van der Waals surface area contributed by atoms with E-state index in [0.29, 0.717) is 23.8 Å². The first-order chi connectivity index (χ1) is 15.0. The second-order valence-corrected chi connectivity index (χ2v) is 7.89. The smallest absolute Gasteiger partial charge is 0.239 e. The lowest BCUT2D eigenvalue weighted by atomic mass is 9.95. The predicted octanol–water partition coefficient (Wildman–Crippen LogP) is 2.84. The van der Waals surface area contributed by atoms with Gasteiger partial charge in [0, 0.05) is 24.9 Å². The van der Waals surface area contributed by atoms with Crippen molar-refractivity contribution in [2.45, 2.75) is 70.9 Å². The highest BCUT2D eigenvalue weighted by molar-refractivity contribution is 5.92. The average Bonchev–Trinajstić information content (AvgIpc) is 3.43. The van der Waals surface area contributed by atoms with E-state index in [4.69, 9.17) is 8.94 Å². The quantitative estimate of drug-likeness (QED) is 0.598. The van der Waals surface area contributed by atoms with E-state index in [9.17, 15) is 14.4 Å². The standard InChI is InChI=1S/C22H30N4O5/c1-16-13-19(25-31-16)26(15-18-9-6-12-30-18)22(29)11-5-10-20(27)23-14-21(28)24-17-7-3-2-4-8-17/h6,9,12-13,17H,2-5,7-8,10-11,14-15H2,1H3,(H,23,27)(H,24,28). The van der Waals surface area contributed by atoms with Crippen molar-refractivity contribution >= 4 is 23.5 Å². The maximum Gasteiger partial charge on any atom is 0.239 e. The Morgan fingerprint density at radius 3 is 2.65 bits per heavy atom. The first-order valence-corrected chi connectivity index (χ1v) is 10.8. The summed E-state index contributed by atoms with van der Waals surface area (Å²) in [5.74, 6) is 1.02. The third-order valence-corrected chi connectivity index (χ3v) is 5.30. The number of anilines is 1. The molecule has 0 radical (unpaired) electrons. The Balaban J connectivity index is 1.40. The fraction of sp³-hybridized carbons (Fsp3) is 0.545. The minimum absolute atomic E-state index is 0.0356. The topological polar surface area (TPSA) is 118 Å². The van der Waals surface area contributed by atoms with E-state index < -0.39 is 0 Å². The first-order valence-electron chi connectivity index (χ1n) is 10.8. The SMILES string of the molecule is Cc1cc(N(Cc2ccco2)C(=O)CCCC(=O)NCC(=O)NC2CCCCC2)no1. The molecule has 9 nitrogen and oxygen atoms in total. The van der Waals surface area contributed by atoms with E-state index in [1.165, 1.54) is 11.3 Å². The number of rotatable bonds is 10. The summed E-state index contributed by atoms with van der Waals surface area (Å²) in [6.45, 7) is 1.94. The van der Waals surface area contributed by atoms with Crippen LogP contribution in [0.5, 0.6) is 0 Å². The van der Waals surface area contributed by atoms with Gasteiger partial charge in [-0.15, -0.1) is 0 Å². The number of aromatic nitrogens is 1. The number of hydrogen-bond acceptors (Lipinski definition) is 6. The molecular formula is C22H30N4O5. The zero-order valence-corrected chi connectivity index (χ0v) is 17.9. The van der Waals surface area contributed by atoms with E-state index in [0.717, 1.165) is 25.7 Å². The van der Waals surface area contributed by atoms with Gasteiger partial charge in [0.05, 0.1) is 19.4 Å². The van der Waals surface area contributed by atoms with Crippen molar-refractivity contribution in [1.29, 1.82) is 0 Å². The largest absolute Gasteiger partial charge is 0.467 e. The van der Waals surface area contributed by atoms with E-state index in [1.807, 2.05) is 0 Å². The monoisotopic (exact) mass is 430 g/mol. The Bertz CT molecular complexity index is 855. The van der Waals surface area contributed by atoms with Crippen LogP contribution in [-0.2, 0) is 20.9 Å². The van der Waals surface area contributed by atoms with Crippen molar-refractivity contribution in [2.75, 3.05) is 11.4 Å². The molecule has 1 fully saturated rings. The second-order valence-electron chi connectivity index (χ2n) is 7.89. The van der Waals surface area contributed by atoms with Crippen molar-refractivity contribution in [3.63, 3.8) is 0 Å². The van der Waals surface area contributed by atoms with Crippen LogP contribution in [0.15, 0.2) is 33.4 Å². The van der Waals surface area contributed by atoms with Crippen LogP contribution in [0.25, 0.3) is 0 Å². The molecule has 0 aliphatic heterocycles. The second kappa shape index (κ2) is 11.3. The van der Waals surface area contributed by atoms with Crippen molar-refractivity contribution in [3.05, 3.63) is 36.0 Å². The number of nitrogens with one attached hydrogen (secondary N) is 2. The minimum Gasteiger partial charge on any atom is -0.467 e. The molecule has 0 aromatic carbocycles. The Kier molecular flexibility index (Phi) is 8.26. The molecule has 3 rings (SSSR count). The number of amides is 3. The maximum atomic E-state index is 12.8. The van der Waals surface area contributed by atoms with Gasteiger partial charge in [-0.05, 0) is 38.3 Å². The molecule has 9 heteroatoms. The third kappa shape index (κ3) is 7.27. The fourth-order valence-electron chi connectivity index (χ4n) is 3.66. The van der Waals surface area contributed by atoms with Crippen molar-refractivity contribution in [2.24, 2.45) is 0 Å². The third-order valence-electron chi connectivity index (χ3n) is 5.30. The van der Waals surface area contributed by atoms with E-state index in [2.05, 4.69) is 15.8 Å². The summed E-state index contributed by atoms with van der Waals surface area (Å²) in [6.07, 6.45) is 7.72. The predicted molar refractivity (Wildman–Crippen MR) is 113 cm³/mol. The van der Waals surface area contributed by atoms with Crippen LogP contribution >= 0.6 is 0 Å². The van der Waals surface area contributed by atoms with Crippen LogP contribution in [-0.4, -0.2) is 35.5 Å². The Labute approximate surface area is 181 Å². The number of aryl methyl sites for hydroxylation is 1. The molecule has 2 N–H and O–H groups in total. The average molecular weight is 431 g/mol. The molecule has 2 aromatic rings. The van der Waals surface area contributed by atoms with Crippen LogP contribution in [0.2, 0.25) is 0 Å². The van der Waals surface area contributed by atoms with Crippen LogP contribution in [0.3, 0.4) is 0 Å². The highest BCUT2D eigenvalue weighted by atomic mass is 16.5. The lowest BCUT2D eigenvalue weighted by molar-refractivity contribution is -0.126. The number of nitrogens with zero attached hydrogens (tertiary/aromatic N) is 2. The van der Waals surface area contributed by atoms with Crippen molar-refractivity contribution in [1.82, 2.24) is 15.8 Å². The van der Waals surface area contributed by atoms with E-state index in [-0.39, 0.29) is 49.7 Å². The van der Waals surface area contributed by atoms with Gasteiger partial charge in [-0.1, -0.05) is 24.4 Å².